The van der Waals surface area contributed by atoms with Crippen LogP contribution in [0.1, 0.15) is 88.6 Å². The van der Waals surface area contributed by atoms with E-state index in [0.29, 0.717) is 23.9 Å². The molecule has 164 valence electrons. The summed E-state index contributed by atoms with van der Waals surface area (Å²) in [6.07, 6.45) is 8.47. The summed E-state index contributed by atoms with van der Waals surface area (Å²) in [6, 6.07) is 7.98. The van der Waals surface area contributed by atoms with Gasteiger partial charge in [-0.05, 0) is 91.7 Å². The second-order valence-corrected chi connectivity index (χ2v) is 11.4. The van der Waals surface area contributed by atoms with Gasteiger partial charge < -0.3 is 10.6 Å². The molecule has 1 aromatic carbocycles. The molecule has 5 rings (SSSR count). The van der Waals surface area contributed by atoms with Gasteiger partial charge in [0.2, 0.25) is 5.91 Å². The number of amides is 2. The second kappa shape index (κ2) is 8.01. The third-order valence-corrected chi connectivity index (χ3v) is 8.03. The van der Waals surface area contributed by atoms with E-state index in [1.165, 1.54) is 44.1 Å². The van der Waals surface area contributed by atoms with E-state index < -0.39 is 0 Å². The molecule has 4 heteroatoms. The van der Waals surface area contributed by atoms with Crippen molar-refractivity contribution < 1.29 is 9.59 Å². The fourth-order valence-electron chi connectivity index (χ4n) is 6.69. The molecule has 1 aromatic rings. The molecule has 0 aliphatic heterocycles. The molecule has 4 fully saturated rings. The summed E-state index contributed by atoms with van der Waals surface area (Å²) in [5.41, 5.74) is 2.24. The van der Waals surface area contributed by atoms with Crippen LogP contribution in [-0.2, 0) is 10.2 Å². The van der Waals surface area contributed by atoms with Crippen molar-refractivity contribution >= 4 is 11.8 Å². The molecule has 2 N–H and O–H groups in total. The van der Waals surface area contributed by atoms with Gasteiger partial charge in [-0.1, -0.05) is 32.9 Å². The maximum absolute atomic E-state index is 12.6. The number of carbonyl (C=O) groups excluding carboxylic acids is 2. The predicted octanol–water partition coefficient (Wildman–Crippen LogP) is 4.83. The molecule has 0 unspecified atom stereocenters. The molecule has 4 saturated carbocycles. The standard InChI is InChI=1S/C26H38N2O2/c1-17(26-14-18-11-19(15-26)13-20(12-18)16-26)28-23(29)9-10-27-24(30)21-5-7-22(8-6-21)25(2,3)4/h5-8,17-20H,9-16H2,1-4H3,(H,27,30)(H,28,29)/t17-,18?,19?,20?,26?/m0/s1. The summed E-state index contributed by atoms with van der Waals surface area (Å²) in [5.74, 6) is 2.61. The molecule has 2 amide bonds. The summed E-state index contributed by atoms with van der Waals surface area (Å²) in [6.45, 7) is 9.06. The lowest BCUT2D eigenvalue weighted by Crippen LogP contribution is -2.56. The summed E-state index contributed by atoms with van der Waals surface area (Å²) in [5, 5.41) is 6.18. The zero-order valence-corrected chi connectivity index (χ0v) is 19.1. The Labute approximate surface area is 181 Å². The third-order valence-electron chi connectivity index (χ3n) is 8.03. The van der Waals surface area contributed by atoms with Gasteiger partial charge in [-0.25, -0.2) is 0 Å². The monoisotopic (exact) mass is 410 g/mol. The van der Waals surface area contributed by atoms with Crippen molar-refractivity contribution in [1.29, 1.82) is 0 Å². The molecular weight excluding hydrogens is 372 g/mol. The lowest BCUT2D eigenvalue weighted by atomic mass is 9.48. The molecular formula is C26H38N2O2. The molecule has 30 heavy (non-hydrogen) atoms. The van der Waals surface area contributed by atoms with E-state index >= 15 is 0 Å². The van der Waals surface area contributed by atoms with Gasteiger partial charge in [-0.15, -0.1) is 0 Å². The molecule has 0 spiro atoms. The van der Waals surface area contributed by atoms with Gasteiger partial charge in [0, 0.05) is 24.6 Å². The number of hydrogen-bond acceptors (Lipinski definition) is 2. The van der Waals surface area contributed by atoms with Crippen molar-refractivity contribution in [3.63, 3.8) is 0 Å². The van der Waals surface area contributed by atoms with Crippen molar-refractivity contribution in [1.82, 2.24) is 10.6 Å². The Morgan fingerprint density at radius 1 is 1.00 bits per heavy atom. The highest BCUT2D eigenvalue weighted by Crippen LogP contribution is 2.61. The first kappa shape index (κ1) is 21.4. The quantitative estimate of drug-likeness (QED) is 0.706. The topological polar surface area (TPSA) is 58.2 Å². The molecule has 0 radical (unpaired) electrons. The Bertz CT molecular complexity index is 755. The van der Waals surface area contributed by atoms with Crippen LogP contribution in [0.3, 0.4) is 0 Å². The number of carbonyl (C=O) groups is 2. The third kappa shape index (κ3) is 4.43. The van der Waals surface area contributed by atoms with E-state index in [1.54, 1.807) is 0 Å². The molecule has 1 atom stereocenters. The smallest absolute Gasteiger partial charge is 0.251 e. The minimum atomic E-state index is -0.114. The lowest BCUT2D eigenvalue weighted by molar-refractivity contribution is -0.125. The van der Waals surface area contributed by atoms with Gasteiger partial charge in [0.15, 0.2) is 0 Å². The van der Waals surface area contributed by atoms with E-state index in [2.05, 4.69) is 38.3 Å². The Kier molecular flexibility index (Phi) is 5.71. The average molecular weight is 411 g/mol. The second-order valence-electron chi connectivity index (χ2n) is 11.4. The van der Waals surface area contributed by atoms with Crippen molar-refractivity contribution in [2.45, 2.75) is 84.1 Å². The van der Waals surface area contributed by atoms with Gasteiger partial charge >= 0.3 is 0 Å². The van der Waals surface area contributed by atoms with Gasteiger partial charge in [0.25, 0.3) is 5.91 Å². The Hall–Kier alpha value is -1.84. The van der Waals surface area contributed by atoms with Crippen molar-refractivity contribution in [2.24, 2.45) is 23.2 Å². The van der Waals surface area contributed by atoms with E-state index in [9.17, 15) is 9.59 Å². The summed E-state index contributed by atoms with van der Waals surface area (Å²) >= 11 is 0. The molecule has 0 aromatic heterocycles. The van der Waals surface area contributed by atoms with Gasteiger partial charge in [0.1, 0.15) is 0 Å². The highest BCUT2D eigenvalue weighted by Gasteiger charge is 2.53. The highest BCUT2D eigenvalue weighted by molar-refractivity contribution is 5.94. The molecule has 4 nitrogen and oxygen atoms in total. The average Bonchev–Trinajstić information content (AvgIpc) is 2.66. The van der Waals surface area contributed by atoms with Crippen LogP contribution in [0.25, 0.3) is 0 Å². The first-order valence-corrected chi connectivity index (χ1v) is 11.8. The Morgan fingerprint density at radius 2 is 1.53 bits per heavy atom. The minimum absolute atomic E-state index is 0.0571. The highest BCUT2D eigenvalue weighted by atomic mass is 16.2. The van der Waals surface area contributed by atoms with E-state index in [4.69, 9.17) is 0 Å². The maximum atomic E-state index is 12.6. The zero-order valence-electron chi connectivity index (χ0n) is 19.1. The number of rotatable bonds is 6. The largest absolute Gasteiger partial charge is 0.353 e. The molecule has 4 aliphatic carbocycles. The molecule has 4 bridgehead atoms. The van der Waals surface area contributed by atoms with Crippen LogP contribution in [-0.4, -0.2) is 24.4 Å². The van der Waals surface area contributed by atoms with E-state index in [0.717, 1.165) is 17.8 Å². The van der Waals surface area contributed by atoms with Crippen LogP contribution in [0.15, 0.2) is 24.3 Å². The maximum Gasteiger partial charge on any atom is 0.251 e. The first-order valence-electron chi connectivity index (χ1n) is 11.8. The van der Waals surface area contributed by atoms with Crippen molar-refractivity contribution in [3.8, 4) is 0 Å². The zero-order chi connectivity index (χ0) is 21.5. The van der Waals surface area contributed by atoms with Crippen LogP contribution < -0.4 is 10.6 Å². The normalized spacial score (nSPS) is 30.7. The fraction of sp³-hybridized carbons (Fsp3) is 0.692. The Morgan fingerprint density at radius 3 is 2.03 bits per heavy atom. The van der Waals surface area contributed by atoms with Crippen LogP contribution in [0.4, 0.5) is 0 Å². The van der Waals surface area contributed by atoms with E-state index in [1.807, 2.05) is 24.3 Å². The molecule has 0 heterocycles. The summed E-state index contributed by atoms with van der Waals surface area (Å²) in [7, 11) is 0. The number of nitrogens with one attached hydrogen (secondary N) is 2. The predicted molar refractivity (Wildman–Crippen MR) is 120 cm³/mol. The van der Waals surface area contributed by atoms with Crippen molar-refractivity contribution in [2.75, 3.05) is 6.54 Å². The fourth-order valence-corrected chi connectivity index (χ4v) is 6.69. The van der Waals surface area contributed by atoms with Gasteiger partial charge in [-0.3, -0.25) is 9.59 Å². The van der Waals surface area contributed by atoms with Crippen LogP contribution in [0, 0.1) is 23.2 Å². The first-order chi connectivity index (χ1) is 14.1. The van der Waals surface area contributed by atoms with Crippen LogP contribution >= 0.6 is 0 Å². The lowest BCUT2D eigenvalue weighted by Gasteiger charge is -2.59. The van der Waals surface area contributed by atoms with E-state index in [-0.39, 0.29) is 23.3 Å². The van der Waals surface area contributed by atoms with Crippen LogP contribution in [0.5, 0.6) is 0 Å². The minimum Gasteiger partial charge on any atom is -0.353 e. The number of hydrogen-bond donors (Lipinski definition) is 2. The summed E-state index contributed by atoms with van der Waals surface area (Å²) < 4.78 is 0. The van der Waals surface area contributed by atoms with Crippen LogP contribution in [0.2, 0.25) is 0 Å². The molecule has 4 aliphatic rings. The van der Waals surface area contributed by atoms with Gasteiger partial charge in [-0.2, -0.15) is 0 Å². The van der Waals surface area contributed by atoms with Crippen molar-refractivity contribution in [3.05, 3.63) is 35.4 Å². The molecule has 0 saturated heterocycles. The Balaban J connectivity index is 1.24. The summed E-state index contributed by atoms with van der Waals surface area (Å²) in [4.78, 5) is 25.0. The van der Waals surface area contributed by atoms with Gasteiger partial charge in [0.05, 0.1) is 0 Å². The SMILES string of the molecule is C[C@H](NC(=O)CCNC(=O)c1ccc(C(C)(C)C)cc1)C12CC3CC(CC(C3)C1)C2. The number of benzene rings is 1.